The normalized spacial score (nSPS) is 19.7. The lowest BCUT2D eigenvalue weighted by Crippen LogP contribution is -2.52. The topological polar surface area (TPSA) is 72.6 Å². The molecule has 2 heterocycles. The Kier molecular flexibility index (Phi) is 4.77. The molecular weight excluding hydrogens is 256 g/mol. The number of likely N-dealkylation sites (N-methyl/N-ethyl adjacent to an activating group) is 1. The van der Waals surface area contributed by atoms with Crippen molar-refractivity contribution in [3.8, 4) is 11.9 Å². The molecule has 1 aromatic heterocycles. The number of nitriles is 1. The number of aromatic nitrogens is 1. The zero-order valence-corrected chi connectivity index (χ0v) is 11.9. The van der Waals surface area contributed by atoms with Crippen LogP contribution in [0.3, 0.4) is 0 Å². The number of hydrogen-bond acceptors (Lipinski definition) is 6. The number of hydrogen-bond donors (Lipinski definition) is 1. The van der Waals surface area contributed by atoms with Gasteiger partial charge < -0.3 is 14.7 Å². The molecular formula is C14H20N4O2. The fourth-order valence-corrected chi connectivity index (χ4v) is 2.58. The molecule has 20 heavy (non-hydrogen) atoms. The van der Waals surface area contributed by atoms with E-state index in [4.69, 9.17) is 9.84 Å². The highest BCUT2D eigenvalue weighted by Gasteiger charge is 2.26. The lowest BCUT2D eigenvalue weighted by atomic mass is 10.1. The summed E-state index contributed by atoms with van der Waals surface area (Å²) in [5.41, 5.74) is 1.33. The molecule has 1 saturated heterocycles. The number of aliphatic hydroxyl groups is 1. The van der Waals surface area contributed by atoms with Crippen molar-refractivity contribution in [2.24, 2.45) is 0 Å². The van der Waals surface area contributed by atoms with Crippen LogP contribution in [0, 0.1) is 11.3 Å². The summed E-state index contributed by atoms with van der Waals surface area (Å²) in [6, 6.07) is 4.32. The lowest BCUT2D eigenvalue weighted by Gasteiger charge is -2.40. The van der Waals surface area contributed by atoms with Crippen LogP contribution in [0.5, 0.6) is 5.88 Å². The average Bonchev–Trinajstić information content (AvgIpc) is 2.48. The number of rotatable bonds is 4. The number of ether oxygens (including phenoxy) is 1. The summed E-state index contributed by atoms with van der Waals surface area (Å²) in [6.07, 6.45) is 2.39. The summed E-state index contributed by atoms with van der Waals surface area (Å²) in [4.78, 5) is 8.49. The van der Waals surface area contributed by atoms with E-state index in [1.54, 1.807) is 6.20 Å². The lowest BCUT2D eigenvalue weighted by molar-refractivity contribution is 0.171. The van der Waals surface area contributed by atoms with Gasteiger partial charge in [-0.15, -0.1) is 0 Å². The molecule has 1 aromatic rings. The van der Waals surface area contributed by atoms with Crippen molar-refractivity contribution in [3.63, 3.8) is 0 Å². The van der Waals surface area contributed by atoms with Crippen molar-refractivity contribution in [3.05, 3.63) is 17.8 Å². The summed E-state index contributed by atoms with van der Waals surface area (Å²) >= 11 is 0. The molecule has 6 heteroatoms. The highest BCUT2D eigenvalue weighted by molar-refractivity contribution is 5.63. The average molecular weight is 276 g/mol. The van der Waals surface area contributed by atoms with Crippen molar-refractivity contribution in [2.45, 2.75) is 12.5 Å². The molecule has 0 spiro atoms. The van der Waals surface area contributed by atoms with Gasteiger partial charge >= 0.3 is 0 Å². The van der Waals surface area contributed by atoms with E-state index in [0.717, 1.165) is 31.7 Å². The van der Waals surface area contributed by atoms with Crippen LogP contribution < -0.4 is 9.64 Å². The number of piperazine rings is 1. The Morgan fingerprint density at radius 2 is 2.35 bits per heavy atom. The Morgan fingerprint density at radius 3 is 3.00 bits per heavy atom. The second-order valence-electron chi connectivity index (χ2n) is 4.92. The van der Waals surface area contributed by atoms with Crippen LogP contribution in [-0.2, 0) is 0 Å². The first-order valence-corrected chi connectivity index (χ1v) is 6.70. The van der Waals surface area contributed by atoms with E-state index < -0.39 is 0 Å². The van der Waals surface area contributed by atoms with E-state index >= 15 is 0 Å². The van der Waals surface area contributed by atoms with Crippen LogP contribution in [0.25, 0.3) is 0 Å². The molecule has 0 saturated carbocycles. The van der Waals surface area contributed by atoms with E-state index in [1.807, 2.05) is 6.07 Å². The largest absolute Gasteiger partial charge is 0.480 e. The van der Waals surface area contributed by atoms with Gasteiger partial charge in [0.15, 0.2) is 0 Å². The molecule has 0 amide bonds. The molecule has 1 N–H and O–H groups in total. The SMILES string of the molecule is COc1nccc(N2CCN(C)[C@@H](CCO)C2)c1C#N. The zero-order valence-electron chi connectivity index (χ0n) is 11.9. The number of aliphatic hydroxyl groups excluding tert-OH is 1. The van der Waals surface area contributed by atoms with E-state index in [-0.39, 0.29) is 6.61 Å². The Bertz CT molecular complexity index is 500. The second-order valence-corrected chi connectivity index (χ2v) is 4.92. The molecule has 1 aliphatic heterocycles. The van der Waals surface area contributed by atoms with Gasteiger partial charge in [-0.1, -0.05) is 0 Å². The Morgan fingerprint density at radius 1 is 1.55 bits per heavy atom. The molecule has 0 aliphatic carbocycles. The fourth-order valence-electron chi connectivity index (χ4n) is 2.58. The van der Waals surface area contributed by atoms with Crippen LogP contribution in [0.4, 0.5) is 5.69 Å². The molecule has 0 unspecified atom stereocenters. The minimum Gasteiger partial charge on any atom is -0.480 e. The zero-order chi connectivity index (χ0) is 14.5. The number of pyridine rings is 1. The van der Waals surface area contributed by atoms with Gasteiger partial charge in [0, 0.05) is 38.5 Å². The van der Waals surface area contributed by atoms with Crippen LogP contribution in [0.1, 0.15) is 12.0 Å². The first kappa shape index (κ1) is 14.6. The highest BCUT2D eigenvalue weighted by Crippen LogP contribution is 2.28. The summed E-state index contributed by atoms with van der Waals surface area (Å²) in [5.74, 6) is 0.364. The van der Waals surface area contributed by atoms with Gasteiger partial charge in [-0.2, -0.15) is 5.26 Å². The second kappa shape index (κ2) is 6.55. The molecule has 2 rings (SSSR count). The molecule has 108 valence electrons. The van der Waals surface area contributed by atoms with Gasteiger partial charge in [-0.05, 0) is 19.5 Å². The van der Waals surface area contributed by atoms with Gasteiger partial charge in [0.2, 0.25) is 5.88 Å². The maximum absolute atomic E-state index is 9.34. The van der Waals surface area contributed by atoms with Crippen molar-refractivity contribution < 1.29 is 9.84 Å². The molecule has 0 bridgehead atoms. The van der Waals surface area contributed by atoms with E-state index in [9.17, 15) is 5.26 Å². The van der Waals surface area contributed by atoms with Gasteiger partial charge in [-0.25, -0.2) is 4.98 Å². The van der Waals surface area contributed by atoms with Crippen molar-refractivity contribution in [1.82, 2.24) is 9.88 Å². The molecule has 0 radical (unpaired) electrons. The maximum Gasteiger partial charge on any atom is 0.233 e. The van der Waals surface area contributed by atoms with Crippen LogP contribution in [0.2, 0.25) is 0 Å². The summed E-state index contributed by atoms with van der Waals surface area (Å²) < 4.78 is 5.15. The number of anilines is 1. The fraction of sp³-hybridized carbons (Fsp3) is 0.571. The predicted molar refractivity (Wildman–Crippen MR) is 75.8 cm³/mol. The minimum absolute atomic E-state index is 0.174. The first-order valence-electron chi connectivity index (χ1n) is 6.70. The van der Waals surface area contributed by atoms with Gasteiger partial charge in [-0.3, -0.25) is 4.90 Å². The molecule has 1 aliphatic rings. The van der Waals surface area contributed by atoms with Crippen LogP contribution in [0.15, 0.2) is 12.3 Å². The first-order chi connectivity index (χ1) is 9.71. The van der Waals surface area contributed by atoms with Crippen LogP contribution in [-0.4, -0.2) is 61.4 Å². The van der Waals surface area contributed by atoms with Crippen molar-refractivity contribution in [1.29, 1.82) is 5.26 Å². The quantitative estimate of drug-likeness (QED) is 0.861. The Balaban J connectivity index is 2.26. The van der Waals surface area contributed by atoms with Gasteiger partial charge in [0.1, 0.15) is 11.6 Å². The van der Waals surface area contributed by atoms with Crippen molar-refractivity contribution >= 4 is 5.69 Å². The molecule has 0 aromatic carbocycles. The third-order valence-electron chi connectivity index (χ3n) is 3.78. The van der Waals surface area contributed by atoms with E-state index in [0.29, 0.717) is 17.5 Å². The molecule has 1 fully saturated rings. The summed E-state index contributed by atoms with van der Waals surface area (Å²) in [5, 5.41) is 18.5. The Hall–Kier alpha value is -1.84. The third kappa shape index (κ3) is 2.84. The number of methoxy groups -OCH3 is 1. The van der Waals surface area contributed by atoms with Crippen molar-refractivity contribution in [2.75, 3.05) is 45.3 Å². The summed E-state index contributed by atoms with van der Waals surface area (Å²) in [6.45, 7) is 2.72. The molecule has 1 atom stereocenters. The van der Waals surface area contributed by atoms with Gasteiger partial charge in [0.25, 0.3) is 0 Å². The van der Waals surface area contributed by atoms with Crippen LogP contribution >= 0.6 is 0 Å². The maximum atomic E-state index is 9.34. The molecule has 6 nitrogen and oxygen atoms in total. The van der Waals surface area contributed by atoms with E-state index in [2.05, 4.69) is 27.9 Å². The highest BCUT2D eigenvalue weighted by atomic mass is 16.5. The van der Waals surface area contributed by atoms with E-state index in [1.165, 1.54) is 7.11 Å². The predicted octanol–water partition coefficient (Wildman–Crippen LogP) is 0.465. The Labute approximate surface area is 119 Å². The standard InChI is InChI=1S/C14H20N4O2/c1-17-6-7-18(10-11(17)4-8-19)13-3-5-16-14(20-2)12(13)9-15/h3,5,11,19H,4,6-8,10H2,1-2H3/t11-/m0/s1. The number of nitrogens with zero attached hydrogens (tertiary/aromatic N) is 4. The van der Waals surface area contributed by atoms with Gasteiger partial charge in [0.05, 0.1) is 12.8 Å². The summed E-state index contributed by atoms with van der Waals surface area (Å²) in [7, 11) is 3.58. The third-order valence-corrected chi connectivity index (χ3v) is 3.78. The smallest absolute Gasteiger partial charge is 0.233 e. The monoisotopic (exact) mass is 276 g/mol. The minimum atomic E-state index is 0.174.